The number of rotatable bonds is 3. The van der Waals surface area contributed by atoms with Gasteiger partial charge in [-0.05, 0) is 37.1 Å². The number of carbonyl (C=O) groups excluding carboxylic acids is 2. The quantitative estimate of drug-likeness (QED) is 0.919. The highest BCUT2D eigenvalue weighted by Gasteiger charge is 2.29. The molecule has 1 aromatic heterocycles. The Labute approximate surface area is 152 Å². The van der Waals surface area contributed by atoms with Gasteiger partial charge in [0.2, 0.25) is 0 Å². The second-order valence-corrected chi connectivity index (χ2v) is 6.84. The van der Waals surface area contributed by atoms with Gasteiger partial charge in [0, 0.05) is 44.5 Å². The smallest absolute Gasteiger partial charge is 0.270 e. The Bertz CT molecular complexity index is 835. The zero-order chi connectivity index (χ0) is 18.3. The number of H-pyrrole nitrogens is 1. The number of aromatic nitrogens is 1. The molecule has 0 radical (unpaired) electrons. The van der Waals surface area contributed by atoms with Gasteiger partial charge in [-0.25, -0.2) is 0 Å². The Morgan fingerprint density at radius 1 is 1.12 bits per heavy atom. The monoisotopic (exact) mass is 354 g/mol. The molecule has 2 aliphatic rings. The van der Waals surface area contributed by atoms with Crippen LogP contribution >= 0.6 is 0 Å². The number of amides is 2. The lowest BCUT2D eigenvalue weighted by Crippen LogP contribution is -2.28. The lowest BCUT2D eigenvalue weighted by Gasteiger charge is -2.18. The van der Waals surface area contributed by atoms with Gasteiger partial charge in [-0.3, -0.25) is 14.5 Å². The van der Waals surface area contributed by atoms with E-state index in [1.807, 2.05) is 21.9 Å². The van der Waals surface area contributed by atoms with Crippen molar-refractivity contribution in [2.45, 2.75) is 12.8 Å². The maximum atomic E-state index is 12.6. The Morgan fingerprint density at radius 3 is 2.46 bits per heavy atom. The molecule has 0 atom stereocenters. The Hall–Kier alpha value is -2.96. The Kier molecular flexibility index (Phi) is 4.06. The van der Waals surface area contributed by atoms with Crippen molar-refractivity contribution in [2.24, 2.45) is 0 Å². The molecule has 7 heteroatoms. The van der Waals surface area contributed by atoms with Gasteiger partial charge in [0.15, 0.2) is 18.3 Å². The fourth-order valence-corrected chi connectivity index (χ4v) is 3.39. The third kappa shape index (κ3) is 2.79. The number of nitrogens with zero attached hydrogens (tertiary/aromatic N) is 3. The number of anilines is 2. The van der Waals surface area contributed by atoms with Crippen LogP contribution in [0.15, 0.2) is 30.3 Å². The summed E-state index contributed by atoms with van der Waals surface area (Å²) in [6.45, 7) is 2.00. The van der Waals surface area contributed by atoms with Gasteiger partial charge in [-0.2, -0.15) is 0 Å². The highest BCUT2D eigenvalue weighted by Crippen LogP contribution is 2.39. The minimum atomic E-state index is -0.0340. The summed E-state index contributed by atoms with van der Waals surface area (Å²) in [6.07, 6.45) is 2.12. The van der Waals surface area contributed by atoms with Crippen molar-refractivity contribution in [3.05, 3.63) is 41.6 Å². The van der Waals surface area contributed by atoms with E-state index in [0.29, 0.717) is 23.7 Å². The normalized spacial score (nSPS) is 15.8. The van der Waals surface area contributed by atoms with Crippen LogP contribution in [0.25, 0.3) is 0 Å². The number of fused-ring (bicyclic) bond motifs is 1. The van der Waals surface area contributed by atoms with E-state index in [9.17, 15) is 9.59 Å². The van der Waals surface area contributed by atoms with E-state index in [1.165, 1.54) is 0 Å². The molecule has 1 saturated heterocycles. The van der Waals surface area contributed by atoms with Gasteiger partial charge in [0.25, 0.3) is 11.8 Å². The zero-order valence-corrected chi connectivity index (χ0v) is 15.0. The van der Waals surface area contributed by atoms with Crippen LogP contribution in [0.3, 0.4) is 0 Å². The maximum Gasteiger partial charge on any atom is 0.270 e. The fraction of sp³-hybridized carbons (Fsp3) is 0.368. The number of nitrogens with one attached hydrogen (secondary N) is 1. The summed E-state index contributed by atoms with van der Waals surface area (Å²) in [6, 6.07) is 9.15. The van der Waals surface area contributed by atoms with Crippen LogP contribution in [0.2, 0.25) is 0 Å². The molecule has 2 aliphatic heterocycles. The van der Waals surface area contributed by atoms with Gasteiger partial charge in [-0.1, -0.05) is 0 Å². The Morgan fingerprint density at radius 2 is 1.81 bits per heavy atom. The van der Waals surface area contributed by atoms with E-state index in [0.717, 1.165) is 37.4 Å². The molecular weight excluding hydrogens is 332 g/mol. The number of hydrogen-bond donors (Lipinski definition) is 1. The largest absolute Gasteiger partial charge is 0.469 e. The number of benzene rings is 1. The molecule has 0 saturated carbocycles. The number of hydrogen-bond acceptors (Lipinski definition) is 4. The van der Waals surface area contributed by atoms with Gasteiger partial charge in [0.1, 0.15) is 5.69 Å². The molecule has 0 spiro atoms. The third-order valence-electron chi connectivity index (χ3n) is 4.84. The van der Waals surface area contributed by atoms with Gasteiger partial charge in [-0.15, -0.1) is 0 Å². The number of likely N-dealkylation sites (tertiary alicyclic amines) is 1. The van der Waals surface area contributed by atoms with E-state index in [2.05, 4.69) is 4.98 Å². The van der Waals surface area contributed by atoms with Crippen molar-refractivity contribution < 1.29 is 14.3 Å². The molecular formula is C19H22N4O3. The molecule has 0 aliphatic carbocycles. The summed E-state index contributed by atoms with van der Waals surface area (Å²) in [5, 5.41) is 0. The number of carbonyl (C=O) groups is 2. The summed E-state index contributed by atoms with van der Waals surface area (Å²) >= 11 is 0. The minimum Gasteiger partial charge on any atom is -0.469 e. The lowest BCUT2D eigenvalue weighted by molar-refractivity contribution is 0.0786. The van der Waals surface area contributed by atoms with Crippen LogP contribution in [0.5, 0.6) is 5.75 Å². The predicted molar refractivity (Wildman–Crippen MR) is 98.0 cm³/mol. The highest BCUT2D eigenvalue weighted by molar-refractivity contribution is 5.95. The second-order valence-electron chi connectivity index (χ2n) is 6.84. The first-order valence-corrected chi connectivity index (χ1v) is 8.79. The van der Waals surface area contributed by atoms with Crippen molar-refractivity contribution in [3.63, 3.8) is 0 Å². The summed E-state index contributed by atoms with van der Waals surface area (Å²) in [5.74, 6) is 1.45. The van der Waals surface area contributed by atoms with Gasteiger partial charge < -0.3 is 19.5 Å². The molecule has 4 rings (SSSR count). The first-order valence-electron chi connectivity index (χ1n) is 8.79. The summed E-state index contributed by atoms with van der Waals surface area (Å²) in [5.41, 5.74) is 2.09. The van der Waals surface area contributed by atoms with E-state index in [-0.39, 0.29) is 11.8 Å². The molecule has 0 unspecified atom stereocenters. The van der Waals surface area contributed by atoms with E-state index >= 15 is 0 Å². The molecule has 2 amide bonds. The first-order chi connectivity index (χ1) is 12.5. The average Bonchev–Trinajstić information content (AvgIpc) is 3.37. The maximum absolute atomic E-state index is 12.6. The van der Waals surface area contributed by atoms with Crippen LogP contribution in [-0.4, -0.2) is 60.5 Å². The molecule has 7 nitrogen and oxygen atoms in total. The zero-order valence-electron chi connectivity index (χ0n) is 15.0. The molecule has 1 fully saturated rings. The van der Waals surface area contributed by atoms with E-state index < -0.39 is 0 Å². The van der Waals surface area contributed by atoms with Crippen LogP contribution in [0, 0.1) is 0 Å². The highest BCUT2D eigenvalue weighted by atomic mass is 16.5. The third-order valence-corrected chi connectivity index (χ3v) is 4.84. The SMILES string of the molecule is CN(C)C(=O)c1ccc(N2COc3cc(C(=O)N4CCCC4)[nH]c32)cc1. The molecule has 3 heterocycles. The standard InChI is InChI=1S/C19H22N4O3/c1-21(2)18(24)13-5-7-14(8-6-13)23-12-26-16-11-15(20-17(16)23)19(25)22-9-3-4-10-22/h5-8,11,20H,3-4,9-10,12H2,1-2H3. The van der Waals surface area contributed by atoms with Crippen molar-refractivity contribution in [1.82, 2.24) is 14.8 Å². The van der Waals surface area contributed by atoms with E-state index in [1.54, 1.807) is 37.2 Å². The summed E-state index contributed by atoms with van der Waals surface area (Å²) in [7, 11) is 3.46. The van der Waals surface area contributed by atoms with Crippen LogP contribution in [-0.2, 0) is 0 Å². The van der Waals surface area contributed by atoms with Crippen LogP contribution in [0.4, 0.5) is 11.5 Å². The molecule has 2 aromatic rings. The molecule has 1 aromatic carbocycles. The lowest BCUT2D eigenvalue weighted by atomic mass is 10.2. The second kappa shape index (κ2) is 6.40. The van der Waals surface area contributed by atoms with Gasteiger partial charge >= 0.3 is 0 Å². The van der Waals surface area contributed by atoms with Gasteiger partial charge in [0.05, 0.1) is 0 Å². The summed E-state index contributed by atoms with van der Waals surface area (Å²) in [4.78, 5) is 33.2. The average molecular weight is 354 g/mol. The molecule has 136 valence electrons. The first kappa shape index (κ1) is 16.5. The van der Waals surface area contributed by atoms with Crippen LogP contribution < -0.4 is 9.64 Å². The molecule has 0 bridgehead atoms. The van der Waals surface area contributed by atoms with Crippen molar-refractivity contribution in [3.8, 4) is 5.75 Å². The number of ether oxygens (including phenoxy) is 1. The minimum absolute atomic E-state index is 0.0207. The Balaban J connectivity index is 1.56. The van der Waals surface area contributed by atoms with Crippen molar-refractivity contribution in [2.75, 3.05) is 38.8 Å². The topological polar surface area (TPSA) is 68.9 Å². The predicted octanol–water partition coefficient (Wildman–Crippen LogP) is 2.44. The van der Waals surface area contributed by atoms with Crippen molar-refractivity contribution in [1.29, 1.82) is 0 Å². The molecule has 1 N–H and O–H groups in total. The molecule has 26 heavy (non-hydrogen) atoms. The fourth-order valence-electron chi connectivity index (χ4n) is 3.39. The number of aromatic amines is 1. The summed E-state index contributed by atoms with van der Waals surface area (Å²) < 4.78 is 5.72. The van der Waals surface area contributed by atoms with Crippen molar-refractivity contribution >= 4 is 23.3 Å². The van der Waals surface area contributed by atoms with E-state index in [4.69, 9.17) is 4.74 Å². The van der Waals surface area contributed by atoms with Crippen LogP contribution in [0.1, 0.15) is 33.7 Å².